The minimum atomic E-state index is -4.83. The van der Waals surface area contributed by atoms with Gasteiger partial charge >= 0.3 is 6.18 Å². The van der Waals surface area contributed by atoms with Crippen LogP contribution in [0.2, 0.25) is 5.02 Å². The van der Waals surface area contributed by atoms with Gasteiger partial charge in [-0.05, 0) is 24.6 Å². The Kier molecular flexibility index (Phi) is 5.62. The summed E-state index contributed by atoms with van der Waals surface area (Å²) in [6.07, 6.45) is -4.83. The van der Waals surface area contributed by atoms with Crippen LogP contribution in [0.1, 0.15) is 21.7 Å². The summed E-state index contributed by atoms with van der Waals surface area (Å²) >= 11 is 6.19. The van der Waals surface area contributed by atoms with Crippen LogP contribution in [0.25, 0.3) is 16.8 Å². The SMILES string of the molecule is COc1cccc(NC(=O)c2c(C)[nH]c3c(-c4ccccc4)c(C(F)(F)F)nn3c2=O)c1Cl. The predicted octanol–water partition coefficient (Wildman–Crippen LogP) is 4.93. The number of ether oxygens (including phenoxy) is 1. The van der Waals surface area contributed by atoms with Gasteiger partial charge in [-0.25, -0.2) is 0 Å². The van der Waals surface area contributed by atoms with Gasteiger partial charge in [0.1, 0.15) is 22.0 Å². The molecule has 0 atom stereocenters. The van der Waals surface area contributed by atoms with Crippen molar-refractivity contribution in [2.45, 2.75) is 13.1 Å². The van der Waals surface area contributed by atoms with E-state index in [2.05, 4.69) is 15.4 Å². The predicted molar refractivity (Wildman–Crippen MR) is 117 cm³/mol. The summed E-state index contributed by atoms with van der Waals surface area (Å²) < 4.78 is 47.0. The molecule has 7 nitrogen and oxygen atoms in total. The lowest BCUT2D eigenvalue weighted by Gasteiger charge is -2.11. The highest BCUT2D eigenvalue weighted by Crippen LogP contribution is 2.38. The van der Waals surface area contributed by atoms with Gasteiger partial charge in [0.25, 0.3) is 11.5 Å². The van der Waals surface area contributed by atoms with Crippen LogP contribution in [0.3, 0.4) is 0 Å². The third-order valence-corrected chi connectivity index (χ3v) is 5.35. The first kappa shape index (κ1) is 22.4. The molecule has 170 valence electrons. The summed E-state index contributed by atoms with van der Waals surface area (Å²) in [5.74, 6) is -0.568. The number of anilines is 1. The van der Waals surface area contributed by atoms with E-state index >= 15 is 0 Å². The topological polar surface area (TPSA) is 88.5 Å². The Morgan fingerprint density at radius 3 is 2.48 bits per heavy atom. The van der Waals surface area contributed by atoms with Crippen molar-refractivity contribution in [2.24, 2.45) is 0 Å². The van der Waals surface area contributed by atoms with Crippen molar-refractivity contribution in [2.75, 3.05) is 12.4 Å². The van der Waals surface area contributed by atoms with Gasteiger partial charge in [0.15, 0.2) is 5.69 Å². The number of aromatic amines is 1. The Hall–Kier alpha value is -3.79. The molecule has 0 fully saturated rings. The number of aryl methyl sites for hydroxylation is 1. The molecule has 2 N–H and O–H groups in total. The summed E-state index contributed by atoms with van der Waals surface area (Å²) in [7, 11) is 1.40. The minimum Gasteiger partial charge on any atom is -0.495 e. The van der Waals surface area contributed by atoms with Crippen LogP contribution >= 0.6 is 11.6 Å². The number of nitrogens with one attached hydrogen (secondary N) is 2. The molecular weight excluding hydrogens is 461 g/mol. The number of alkyl halides is 3. The fourth-order valence-electron chi connectivity index (χ4n) is 3.48. The molecule has 0 saturated carbocycles. The van der Waals surface area contributed by atoms with Crippen molar-refractivity contribution < 1.29 is 22.7 Å². The van der Waals surface area contributed by atoms with Crippen molar-refractivity contribution >= 4 is 28.8 Å². The largest absolute Gasteiger partial charge is 0.495 e. The van der Waals surface area contributed by atoms with Gasteiger partial charge in [0, 0.05) is 5.69 Å². The van der Waals surface area contributed by atoms with E-state index in [-0.39, 0.29) is 33.2 Å². The molecule has 4 aromatic rings. The Morgan fingerprint density at radius 1 is 1.15 bits per heavy atom. The van der Waals surface area contributed by atoms with Gasteiger partial charge in [-0.15, -0.1) is 0 Å². The number of fused-ring (bicyclic) bond motifs is 1. The van der Waals surface area contributed by atoms with E-state index in [9.17, 15) is 22.8 Å². The average molecular weight is 477 g/mol. The van der Waals surface area contributed by atoms with E-state index in [0.717, 1.165) is 0 Å². The lowest BCUT2D eigenvalue weighted by molar-refractivity contribution is -0.140. The first-order valence-electron chi connectivity index (χ1n) is 9.55. The summed E-state index contributed by atoms with van der Waals surface area (Å²) in [6.45, 7) is 1.42. The number of H-pyrrole nitrogens is 1. The van der Waals surface area contributed by atoms with E-state index in [1.165, 1.54) is 32.2 Å². The van der Waals surface area contributed by atoms with Crippen LogP contribution in [0.5, 0.6) is 5.75 Å². The molecule has 2 heterocycles. The van der Waals surface area contributed by atoms with E-state index in [1.807, 2.05) is 0 Å². The quantitative estimate of drug-likeness (QED) is 0.437. The third kappa shape index (κ3) is 3.93. The third-order valence-electron chi connectivity index (χ3n) is 4.96. The van der Waals surface area contributed by atoms with Crippen molar-refractivity contribution in [3.8, 4) is 16.9 Å². The summed E-state index contributed by atoms with van der Waals surface area (Å²) in [4.78, 5) is 28.8. The molecule has 0 aliphatic rings. The molecule has 1 amide bonds. The maximum atomic E-state index is 13.8. The van der Waals surface area contributed by atoms with Crippen molar-refractivity contribution in [3.05, 3.63) is 80.9 Å². The number of carbonyl (C=O) groups is 1. The zero-order chi connectivity index (χ0) is 23.9. The average Bonchev–Trinajstić information content (AvgIpc) is 3.16. The first-order chi connectivity index (χ1) is 15.6. The Morgan fingerprint density at radius 2 is 1.85 bits per heavy atom. The molecule has 33 heavy (non-hydrogen) atoms. The van der Waals surface area contributed by atoms with Crippen LogP contribution in [-0.2, 0) is 6.18 Å². The second-order valence-corrected chi connectivity index (χ2v) is 7.43. The molecule has 0 radical (unpaired) electrons. The highest BCUT2D eigenvalue weighted by atomic mass is 35.5. The molecule has 2 aromatic carbocycles. The fourth-order valence-corrected chi connectivity index (χ4v) is 3.73. The van der Waals surface area contributed by atoms with Crippen LogP contribution in [0.4, 0.5) is 18.9 Å². The standard InChI is InChI=1S/C22H16ClF3N4O3/c1-11-15(20(31)28-13-9-6-10-14(33-2)17(13)23)21(32)30-19(27-11)16(12-7-4-3-5-8-12)18(29-30)22(24,25)26/h3-10,27H,1-2H3,(H,28,31). The van der Waals surface area contributed by atoms with Crippen LogP contribution < -0.4 is 15.6 Å². The van der Waals surface area contributed by atoms with Crippen LogP contribution in [0.15, 0.2) is 53.3 Å². The molecule has 4 rings (SSSR count). The number of carbonyl (C=O) groups excluding carboxylic acids is 1. The van der Waals surface area contributed by atoms with E-state index in [0.29, 0.717) is 10.3 Å². The zero-order valence-corrected chi connectivity index (χ0v) is 18.0. The van der Waals surface area contributed by atoms with Gasteiger partial charge in [-0.2, -0.15) is 22.8 Å². The smallest absolute Gasteiger partial charge is 0.435 e. The summed E-state index contributed by atoms with van der Waals surface area (Å²) in [5, 5.41) is 6.12. The first-order valence-corrected chi connectivity index (χ1v) is 9.93. The van der Waals surface area contributed by atoms with E-state index < -0.39 is 28.9 Å². The number of aromatic nitrogens is 3. The van der Waals surface area contributed by atoms with Gasteiger partial charge in [-0.1, -0.05) is 48.0 Å². The second-order valence-electron chi connectivity index (χ2n) is 7.05. The van der Waals surface area contributed by atoms with Gasteiger partial charge in [0.05, 0.1) is 18.4 Å². The van der Waals surface area contributed by atoms with Crippen molar-refractivity contribution in [3.63, 3.8) is 0 Å². The molecule has 0 aliphatic heterocycles. The highest BCUT2D eigenvalue weighted by molar-refractivity contribution is 6.35. The molecular formula is C22H16ClF3N4O3. The molecule has 0 unspecified atom stereocenters. The summed E-state index contributed by atoms with van der Waals surface area (Å²) in [6, 6.07) is 12.4. The molecule has 0 aliphatic carbocycles. The summed E-state index contributed by atoms with van der Waals surface area (Å²) in [5.41, 5.74) is -2.66. The monoisotopic (exact) mass is 476 g/mol. The van der Waals surface area contributed by atoms with Gasteiger partial charge in [-0.3, -0.25) is 9.59 Å². The number of rotatable bonds is 4. The Bertz CT molecular complexity index is 1430. The molecule has 11 heteroatoms. The highest BCUT2D eigenvalue weighted by Gasteiger charge is 2.39. The Labute approximate surface area is 189 Å². The number of hydrogen-bond acceptors (Lipinski definition) is 4. The van der Waals surface area contributed by atoms with Crippen LogP contribution in [0, 0.1) is 6.92 Å². The van der Waals surface area contributed by atoms with Gasteiger partial charge < -0.3 is 15.0 Å². The molecule has 0 spiro atoms. The number of amides is 1. The van der Waals surface area contributed by atoms with Crippen molar-refractivity contribution in [1.82, 2.24) is 14.6 Å². The maximum absolute atomic E-state index is 13.8. The molecule has 2 aromatic heterocycles. The Balaban J connectivity index is 1.89. The number of benzene rings is 2. The number of hydrogen-bond donors (Lipinski definition) is 2. The number of methoxy groups -OCH3 is 1. The molecule has 0 bridgehead atoms. The fraction of sp³-hybridized carbons (Fsp3) is 0.136. The number of halogens is 4. The lowest BCUT2D eigenvalue weighted by Crippen LogP contribution is -2.29. The van der Waals surface area contributed by atoms with Crippen molar-refractivity contribution in [1.29, 1.82) is 0 Å². The zero-order valence-electron chi connectivity index (χ0n) is 17.2. The minimum absolute atomic E-state index is 0.0647. The maximum Gasteiger partial charge on any atom is 0.435 e. The van der Waals surface area contributed by atoms with E-state index in [1.54, 1.807) is 30.3 Å². The lowest BCUT2D eigenvalue weighted by atomic mass is 10.1. The number of nitrogens with zero attached hydrogens (tertiary/aromatic N) is 2. The second kappa shape index (κ2) is 8.28. The normalized spacial score (nSPS) is 11.6. The van der Waals surface area contributed by atoms with Gasteiger partial charge in [0.2, 0.25) is 0 Å². The van der Waals surface area contributed by atoms with E-state index in [4.69, 9.17) is 16.3 Å². The van der Waals surface area contributed by atoms with Crippen LogP contribution in [-0.4, -0.2) is 27.6 Å². The molecule has 0 saturated heterocycles.